The van der Waals surface area contributed by atoms with Crippen molar-refractivity contribution in [1.82, 2.24) is 4.98 Å². The third-order valence-corrected chi connectivity index (χ3v) is 3.11. The van der Waals surface area contributed by atoms with Gasteiger partial charge in [-0.1, -0.05) is 6.92 Å². The molecule has 2 N–H and O–H groups in total. The summed E-state index contributed by atoms with van der Waals surface area (Å²) in [5, 5.41) is 12.0. The van der Waals surface area contributed by atoms with Crippen LogP contribution in [-0.2, 0) is 0 Å². The van der Waals surface area contributed by atoms with Crippen molar-refractivity contribution in [1.29, 1.82) is 0 Å². The zero-order valence-corrected chi connectivity index (χ0v) is 11.0. The fraction of sp³-hybridized carbons (Fsp3) is 0.545. The molecule has 3 nitrogen and oxygen atoms in total. The second-order valence-electron chi connectivity index (χ2n) is 4.00. The van der Waals surface area contributed by atoms with Crippen molar-refractivity contribution >= 4 is 21.7 Å². The van der Waals surface area contributed by atoms with Crippen LogP contribution in [0.25, 0.3) is 0 Å². The van der Waals surface area contributed by atoms with Gasteiger partial charge < -0.3 is 10.4 Å². The van der Waals surface area contributed by atoms with E-state index in [0.29, 0.717) is 10.9 Å². The fourth-order valence-corrected chi connectivity index (χ4v) is 1.67. The number of rotatable bonds is 5. The number of anilines is 1. The Morgan fingerprint density at radius 3 is 2.81 bits per heavy atom. The number of halogens is 2. The van der Waals surface area contributed by atoms with E-state index in [9.17, 15) is 4.39 Å². The highest BCUT2D eigenvalue weighted by molar-refractivity contribution is 9.10. The zero-order chi connectivity index (χ0) is 12.2. The molecule has 1 aromatic heterocycles. The van der Waals surface area contributed by atoms with Crippen LogP contribution in [0.1, 0.15) is 26.7 Å². The summed E-state index contributed by atoms with van der Waals surface area (Å²) in [6.45, 7) is 3.99. The van der Waals surface area contributed by atoms with Crippen molar-refractivity contribution in [3.63, 3.8) is 0 Å². The number of nitrogens with zero attached hydrogens (tertiary/aromatic N) is 1. The summed E-state index contributed by atoms with van der Waals surface area (Å²) >= 11 is 3.15. The first-order valence-electron chi connectivity index (χ1n) is 5.21. The molecule has 0 aliphatic carbocycles. The number of aromatic nitrogens is 1. The minimum absolute atomic E-state index is 0.0650. The molecule has 0 radical (unpaired) electrons. The summed E-state index contributed by atoms with van der Waals surface area (Å²) in [4.78, 5) is 3.98. The molecule has 0 saturated heterocycles. The smallest absolute Gasteiger partial charge is 0.166 e. The van der Waals surface area contributed by atoms with Gasteiger partial charge in [0.1, 0.15) is 0 Å². The number of pyridine rings is 1. The lowest BCUT2D eigenvalue weighted by atomic mass is 9.95. The Balaban J connectivity index is 2.85. The van der Waals surface area contributed by atoms with Gasteiger partial charge in [0.2, 0.25) is 0 Å². The van der Waals surface area contributed by atoms with E-state index in [1.165, 1.54) is 6.07 Å². The van der Waals surface area contributed by atoms with Gasteiger partial charge in [0, 0.05) is 22.8 Å². The van der Waals surface area contributed by atoms with Crippen LogP contribution in [0.2, 0.25) is 0 Å². The van der Waals surface area contributed by atoms with E-state index in [4.69, 9.17) is 5.11 Å². The number of nitrogens with one attached hydrogen (secondary N) is 1. The summed E-state index contributed by atoms with van der Waals surface area (Å²) < 4.78 is 14.1. The van der Waals surface area contributed by atoms with Gasteiger partial charge in [-0.05, 0) is 41.8 Å². The predicted molar refractivity (Wildman–Crippen MR) is 65.9 cm³/mol. The lowest BCUT2D eigenvalue weighted by Gasteiger charge is -2.29. The maximum Gasteiger partial charge on any atom is 0.166 e. The maximum absolute atomic E-state index is 13.5. The molecule has 0 saturated carbocycles. The van der Waals surface area contributed by atoms with E-state index in [0.717, 1.165) is 6.42 Å². The summed E-state index contributed by atoms with van der Waals surface area (Å²) in [5.41, 5.74) is -0.337. The van der Waals surface area contributed by atoms with Crippen LogP contribution in [0.15, 0.2) is 16.7 Å². The summed E-state index contributed by atoms with van der Waals surface area (Å²) in [6.07, 6.45) is 2.88. The number of hydrogen-bond acceptors (Lipinski definition) is 3. The minimum atomic E-state index is -0.396. The average molecular weight is 291 g/mol. The monoisotopic (exact) mass is 290 g/mol. The molecule has 0 fully saturated rings. The van der Waals surface area contributed by atoms with Crippen LogP contribution in [0.4, 0.5) is 10.2 Å². The molecule has 1 unspecified atom stereocenters. The predicted octanol–water partition coefficient (Wildman–Crippen LogP) is 2.95. The number of hydrogen-bond donors (Lipinski definition) is 2. The largest absolute Gasteiger partial charge is 0.396 e. The van der Waals surface area contributed by atoms with Crippen molar-refractivity contribution < 1.29 is 9.50 Å². The minimum Gasteiger partial charge on any atom is -0.396 e. The number of aliphatic hydroxyl groups is 1. The molecule has 0 bridgehead atoms. The van der Waals surface area contributed by atoms with Gasteiger partial charge in [-0.2, -0.15) is 0 Å². The van der Waals surface area contributed by atoms with E-state index in [1.807, 2.05) is 13.8 Å². The Morgan fingerprint density at radius 2 is 2.31 bits per heavy atom. The van der Waals surface area contributed by atoms with Gasteiger partial charge in [-0.25, -0.2) is 9.37 Å². The third kappa shape index (κ3) is 3.42. The molecule has 0 aromatic carbocycles. The van der Waals surface area contributed by atoms with Gasteiger partial charge in [0.05, 0.1) is 0 Å². The first kappa shape index (κ1) is 13.4. The maximum atomic E-state index is 13.5. The lowest BCUT2D eigenvalue weighted by Crippen LogP contribution is -2.35. The van der Waals surface area contributed by atoms with Crippen molar-refractivity contribution in [3.05, 3.63) is 22.6 Å². The van der Waals surface area contributed by atoms with Gasteiger partial charge in [-0.15, -0.1) is 0 Å². The highest BCUT2D eigenvalue weighted by Crippen LogP contribution is 2.23. The van der Waals surface area contributed by atoms with Crippen LogP contribution < -0.4 is 5.32 Å². The van der Waals surface area contributed by atoms with Crippen LogP contribution in [0.5, 0.6) is 0 Å². The normalized spacial score (nSPS) is 14.6. The lowest BCUT2D eigenvalue weighted by molar-refractivity contribution is 0.251. The van der Waals surface area contributed by atoms with Crippen LogP contribution in [0.3, 0.4) is 0 Å². The quantitative estimate of drug-likeness (QED) is 0.876. The van der Waals surface area contributed by atoms with Crippen molar-refractivity contribution in [2.45, 2.75) is 32.2 Å². The second kappa shape index (κ2) is 5.59. The van der Waals surface area contributed by atoms with Crippen molar-refractivity contribution in [3.8, 4) is 0 Å². The van der Waals surface area contributed by atoms with E-state index in [1.54, 1.807) is 6.20 Å². The topological polar surface area (TPSA) is 45.1 Å². The molecule has 1 rings (SSSR count). The molecule has 90 valence electrons. The average Bonchev–Trinajstić information content (AvgIpc) is 2.23. The summed E-state index contributed by atoms with van der Waals surface area (Å²) in [7, 11) is 0. The molecule has 1 atom stereocenters. The Morgan fingerprint density at radius 1 is 1.62 bits per heavy atom. The van der Waals surface area contributed by atoms with Crippen LogP contribution in [-0.4, -0.2) is 22.2 Å². The van der Waals surface area contributed by atoms with Crippen molar-refractivity contribution in [2.24, 2.45) is 0 Å². The third-order valence-electron chi connectivity index (χ3n) is 2.67. The molecule has 1 heterocycles. The summed E-state index contributed by atoms with van der Waals surface area (Å²) in [6, 6.07) is 1.37. The molecule has 0 amide bonds. The van der Waals surface area contributed by atoms with Gasteiger partial charge in [-0.3, -0.25) is 0 Å². The standard InChI is InChI=1S/C11H16BrFN2O/c1-3-11(2,4-5-16)15-10-9(13)6-8(12)7-14-10/h6-7,16H,3-5H2,1-2H3,(H,14,15). The Labute approximate surface area is 103 Å². The molecule has 0 aliphatic heterocycles. The SMILES string of the molecule is CCC(C)(CCO)Nc1ncc(Br)cc1F. The highest BCUT2D eigenvalue weighted by atomic mass is 79.9. The van der Waals surface area contributed by atoms with E-state index < -0.39 is 5.82 Å². The molecule has 1 aromatic rings. The highest BCUT2D eigenvalue weighted by Gasteiger charge is 2.22. The molecular formula is C11H16BrFN2O. The van der Waals surface area contributed by atoms with E-state index >= 15 is 0 Å². The summed E-state index contributed by atoms with van der Waals surface area (Å²) in [5.74, 6) is -0.173. The second-order valence-corrected chi connectivity index (χ2v) is 4.91. The Bertz CT molecular complexity index is 362. The zero-order valence-electron chi connectivity index (χ0n) is 9.43. The molecule has 0 aliphatic rings. The van der Waals surface area contributed by atoms with Gasteiger partial charge >= 0.3 is 0 Å². The van der Waals surface area contributed by atoms with Gasteiger partial charge in [0.15, 0.2) is 11.6 Å². The van der Waals surface area contributed by atoms with Crippen LogP contribution in [0, 0.1) is 5.82 Å². The van der Waals surface area contributed by atoms with Gasteiger partial charge in [0.25, 0.3) is 0 Å². The first-order chi connectivity index (χ1) is 7.50. The molecule has 0 spiro atoms. The van der Waals surface area contributed by atoms with E-state index in [2.05, 4.69) is 26.2 Å². The molecule has 16 heavy (non-hydrogen) atoms. The Hall–Kier alpha value is -0.680. The fourth-order valence-electron chi connectivity index (χ4n) is 1.37. The molecular weight excluding hydrogens is 275 g/mol. The first-order valence-corrected chi connectivity index (χ1v) is 6.00. The van der Waals surface area contributed by atoms with E-state index in [-0.39, 0.29) is 18.0 Å². The Kier molecular flexibility index (Phi) is 4.68. The van der Waals surface area contributed by atoms with Crippen LogP contribution >= 0.6 is 15.9 Å². The molecule has 5 heteroatoms. The number of aliphatic hydroxyl groups excluding tert-OH is 1. The van der Waals surface area contributed by atoms with Crippen molar-refractivity contribution in [2.75, 3.05) is 11.9 Å².